The van der Waals surface area contributed by atoms with Crippen LogP contribution in [-0.4, -0.2) is 64.6 Å². The fraction of sp³-hybridized carbons (Fsp3) is 0.333. The number of amides is 1. The van der Waals surface area contributed by atoms with E-state index in [9.17, 15) is 24.3 Å². The molecule has 0 fully saturated rings. The maximum Gasteiger partial charge on any atom is 0.339 e. The van der Waals surface area contributed by atoms with Crippen molar-refractivity contribution >= 4 is 46.7 Å². The molecule has 1 atom stereocenters. The number of amidine groups is 1. The van der Waals surface area contributed by atoms with Gasteiger partial charge in [0, 0.05) is 17.3 Å². The molecular weight excluding hydrogens is 594 g/mol. The average Bonchev–Trinajstić information content (AvgIpc) is 2.99. The number of carbonyl (C=O) groups excluding carboxylic acids is 3. The van der Waals surface area contributed by atoms with Gasteiger partial charge in [0.05, 0.1) is 36.2 Å². The second kappa shape index (κ2) is 12.9. The summed E-state index contributed by atoms with van der Waals surface area (Å²) in [5.74, 6) is -3.07. The molecule has 0 aliphatic carbocycles. The van der Waals surface area contributed by atoms with Crippen LogP contribution >= 0.6 is 0 Å². The van der Waals surface area contributed by atoms with Gasteiger partial charge >= 0.3 is 17.9 Å². The molecule has 4 rings (SSSR count). The Balaban J connectivity index is 1.72. The highest BCUT2D eigenvalue weighted by molar-refractivity contribution is 6.15. The van der Waals surface area contributed by atoms with Gasteiger partial charge in [0.15, 0.2) is 5.54 Å². The molecule has 5 N–H and O–H groups in total. The van der Waals surface area contributed by atoms with E-state index >= 15 is 0 Å². The first-order chi connectivity index (χ1) is 21.5. The van der Waals surface area contributed by atoms with Gasteiger partial charge in [-0.3, -0.25) is 4.79 Å². The van der Waals surface area contributed by atoms with Crippen LogP contribution in [0.1, 0.15) is 72.7 Å². The minimum atomic E-state index is -1.47. The van der Waals surface area contributed by atoms with E-state index in [-0.39, 0.29) is 52.2 Å². The number of nitrogens with two attached hydrogens (primary N) is 1. The van der Waals surface area contributed by atoms with E-state index in [2.05, 4.69) is 20.6 Å². The van der Waals surface area contributed by atoms with E-state index in [0.29, 0.717) is 17.1 Å². The summed E-state index contributed by atoms with van der Waals surface area (Å²) < 4.78 is 16.2. The van der Waals surface area contributed by atoms with Gasteiger partial charge in [-0.05, 0) is 75.6 Å². The SMILES string of the molecule is COc1ccc(-c2ccc(C(=O)O)cc2C(=O)OCC(C)C)c(C(=O)Nc2ccc3c(c2)NC(C)(C(=O)OC(C)(C)C)C(N)=N3)n1. The zero-order chi connectivity index (χ0) is 34.0. The molecule has 1 aliphatic rings. The number of hydrogen-bond acceptors (Lipinski definition) is 11. The van der Waals surface area contributed by atoms with E-state index in [1.54, 1.807) is 52.0 Å². The summed E-state index contributed by atoms with van der Waals surface area (Å²) in [7, 11) is 1.39. The Hall–Kier alpha value is -5.46. The van der Waals surface area contributed by atoms with Crippen LogP contribution in [0.15, 0.2) is 53.5 Å². The number of anilines is 2. The molecule has 1 amide bonds. The molecule has 1 unspecified atom stereocenters. The average molecular weight is 632 g/mol. The number of fused-ring (bicyclic) bond motifs is 1. The van der Waals surface area contributed by atoms with Crippen LogP contribution in [0, 0.1) is 5.92 Å². The molecule has 0 saturated heterocycles. The third kappa shape index (κ3) is 7.25. The highest BCUT2D eigenvalue weighted by Crippen LogP contribution is 2.37. The summed E-state index contributed by atoms with van der Waals surface area (Å²) in [5.41, 5.74) is 5.32. The standard InChI is InChI=1S/C33H37N5O8/c1-17(2)16-45-29(42)22-14-18(28(40)41)8-10-20(22)21-11-13-25(44-7)37-26(21)27(39)35-19-9-12-23-24(15-19)38-33(6,30(34)36-23)31(43)46-32(3,4)5/h8-15,17,38H,16H2,1-7H3,(H2,34,36)(H,35,39)(H,40,41). The second-order valence-electron chi connectivity index (χ2n) is 12.2. The number of hydrogen-bond donors (Lipinski definition) is 4. The molecule has 3 aromatic rings. The Morgan fingerprint density at radius 3 is 2.37 bits per heavy atom. The van der Waals surface area contributed by atoms with Crippen LogP contribution < -0.4 is 21.1 Å². The number of aliphatic imine (C=N–C) groups is 1. The van der Waals surface area contributed by atoms with Crippen LogP contribution in [0.3, 0.4) is 0 Å². The first-order valence-electron chi connectivity index (χ1n) is 14.4. The lowest BCUT2D eigenvalue weighted by atomic mass is 9.95. The summed E-state index contributed by atoms with van der Waals surface area (Å²) in [6, 6.07) is 11.8. The molecule has 2 aromatic carbocycles. The van der Waals surface area contributed by atoms with Crippen LogP contribution in [-0.2, 0) is 14.3 Å². The van der Waals surface area contributed by atoms with E-state index < -0.39 is 35.0 Å². The van der Waals surface area contributed by atoms with Crippen molar-refractivity contribution in [3.63, 3.8) is 0 Å². The smallest absolute Gasteiger partial charge is 0.339 e. The first kappa shape index (κ1) is 33.4. The molecule has 0 radical (unpaired) electrons. The molecule has 242 valence electrons. The van der Waals surface area contributed by atoms with Crippen molar-refractivity contribution in [3.8, 4) is 17.0 Å². The largest absolute Gasteiger partial charge is 0.481 e. The molecule has 2 heterocycles. The van der Waals surface area contributed by atoms with Gasteiger partial charge in [-0.1, -0.05) is 19.9 Å². The molecule has 1 aromatic heterocycles. The van der Waals surface area contributed by atoms with Gasteiger partial charge in [0.1, 0.15) is 17.1 Å². The number of nitrogens with one attached hydrogen (secondary N) is 2. The zero-order valence-corrected chi connectivity index (χ0v) is 26.7. The molecule has 0 saturated carbocycles. The van der Waals surface area contributed by atoms with Crippen LogP contribution in [0.25, 0.3) is 11.1 Å². The number of ether oxygens (including phenoxy) is 3. The Labute approximate surface area is 266 Å². The van der Waals surface area contributed by atoms with Gasteiger partial charge < -0.3 is 35.7 Å². The Bertz CT molecular complexity index is 1740. The van der Waals surface area contributed by atoms with Crippen molar-refractivity contribution in [3.05, 3.63) is 65.4 Å². The molecule has 13 heteroatoms. The number of pyridine rings is 1. The number of rotatable bonds is 9. The van der Waals surface area contributed by atoms with E-state index in [0.717, 1.165) is 0 Å². The van der Waals surface area contributed by atoms with Crippen molar-refractivity contribution < 1.29 is 38.5 Å². The van der Waals surface area contributed by atoms with Crippen molar-refractivity contribution in [2.75, 3.05) is 24.4 Å². The second-order valence-corrected chi connectivity index (χ2v) is 12.2. The number of carboxylic acids is 1. The summed E-state index contributed by atoms with van der Waals surface area (Å²) in [5, 5.41) is 15.4. The van der Waals surface area contributed by atoms with E-state index in [1.165, 1.54) is 31.4 Å². The maximum absolute atomic E-state index is 13.8. The molecule has 13 nitrogen and oxygen atoms in total. The van der Waals surface area contributed by atoms with Crippen molar-refractivity contribution in [1.82, 2.24) is 4.98 Å². The van der Waals surface area contributed by atoms with Gasteiger partial charge in [0.2, 0.25) is 5.88 Å². The van der Waals surface area contributed by atoms with Crippen LogP contribution in [0.4, 0.5) is 17.1 Å². The molecule has 0 bridgehead atoms. The number of methoxy groups -OCH3 is 1. The third-order valence-electron chi connectivity index (χ3n) is 6.82. The Morgan fingerprint density at radius 1 is 1.04 bits per heavy atom. The summed E-state index contributed by atoms with van der Waals surface area (Å²) in [6.07, 6.45) is 0. The van der Waals surface area contributed by atoms with E-state index in [1.807, 2.05) is 13.8 Å². The molecule has 0 spiro atoms. The maximum atomic E-state index is 13.8. The van der Waals surface area contributed by atoms with Gasteiger partial charge in [-0.15, -0.1) is 0 Å². The topological polar surface area (TPSA) is 192 Å². The lowest BCUT2D eigenvalue weighted by Gasteiger charge is -2.35. The third-order valence-corrected chi connectivity index (χ3v) is 6.82. The highest BCUT2D eigenvalue weighted by Gasteiger charge is 2.43. The van der Waals surface area contributed by atoms with Crippen molar-refractivity contribution in [1.29, 1.82) is 0 Å². The lowest BCUT2D eigenvalue weighted by molar-refractivity contribution is -0.157. The number of aromatic nitrogens is 1. The van der Waals surface area contributed by atoms with E-state index in [4.69, 9.17) is 19.9 Å². The fourth-order valence-corrected chi connectivity index (χ4v) is 4.46. The van der Waals surface area contributed by atoms with Gasteiger partial charge in [-0.2, -0.15) is 0 Å². The van der Waals surface area contributed by atoms with Crippen LogP contribution in [0.5, 0.6) is 5.88 Å². The Morgan fingerprint density at radius 2 is 1.74 bits per heavy atom. The number of nitrogens with zero attached hydrogens (tertiary/aromatic N) is 2. The number of aromatic carboxylic acids is 1. The summed E-state index contributed by atoms with van der Waals surface area (Å²) in [6.45, 7) is 10.6. The van der Waals surface area contributed by atoms with Gasteiger partial charge in [0.25, 0.3) is 5.91 Å². The minimum absolute atomic E-state index is 0.0212. The molecule has 46 heavy (non-hydrogen) atoms. The molecular formula is C33H37N5O8. The number of esters is 2. The predicted octanol–water partition coefficient (Wildman–Crippen LogP) is 5.04. The minimum Gasteiger partial charge on any atom is -0.481 e. The van der Waals surface area contributed by atoms with Crippen molar-refractivity contribution in [2.24, 2.45) is 16.6 Å². The van der Waals surface area contributed by atoms with Crippen LogP contribution in [0.2, 0.25) is 0 Å². The lowest BCUT2D eigenvalue weighted by Crippen LogP contribution is -2.57. The monoisotopic (exact) mass is 631 g/mol. The van der Waals surface area contributed by atoms with Crippen molar-refractivity contribution in [2.45, 2.75) is 52.7 Å². The fourth-order valence-electron chi connectivity index (χ4n) is 4.46. The first-order valence-corrected chi connectivity index (χ1v) is 14.4. The number of benzene rings is 2. The van der Waals surface area contributed by atoms with Gasteiger partial charge in [-0.25, -0.2) is 24.4 Å². The summed E-state index contributed by atoms with van der Waals surface area (Å²) in [4.78, 5) is 60.4. The normalized spacial score (nSPS) is 15.6. The Kier molecular flexibility index (Phi) is 9.36. The highest BCUT2D eigenvalue weighted by atomic mass is 16.6. The molecule has 1 aliphatic heterocycles. The predicted molar refractivity (Wildman–Crippen MR) is 172 cm³/mol. The number of carboxylic acid groups (broad SMARTS) is 1. The zero-order valence-electron chi connectivity index (χ0n) is 26.7. The quantitative estimate of drug-likeness (QED) is 0.231. The summed E-state index contributed by atoms with van der Waals surface area (Å²) >= 11 is 0. The number of carbonyl (C=O) groups is 4.